The van der Waals surface area contributed by atoms with Gasteiger partial charge >= 0.3 is 0 Å². The number of benzene rings is 1. The molecule has 0 radical (unpaired) electrons. The van der Waals surface area contributed by atoms with Crippen LogP contribution in [0.3, 0.4) is 0 Å². The highest BCUT2D eigenvalue weighted by atomic mass is 16.7. The molecule has 2 aliphatic rings. The average Bonchev–Trinajstić information content (AvgIpc) is 3.16. The van der Waals surface area contributed by atoms with E-state index in [0.29, 0.717) is 19.8 Å². The van der Waals surface area contributed by atoms with Crippen molar-refractivity contribution in [1.82, 2.24) is 0 Å². The Balaban J connectivity index is 1.33. The maximum absolute atomic E-state index is 5.81. The molecule has 0 aromatic heterocycles. The molecule has 0 aliphatic carbocycles. The van der Waals surface area contributed by atoms with Crippen molar-refractivity contribution in [2.75, 3.05) is 33.0 Å². The van der Waals surface area contributed by atoms with Crippen LogP contribution in [-0.2, 0) is 24.7 Å². The zero-order valence-corrected chi connectivity index (χ0v) is 15.2. The van der Waals surface area contributed by atoms with Crippen molar-refractivity contribution in [2.45, 2.75) is 57.5 Å². The molecule has 25 heavy (non-hydrogen) atoms. The first-order valence-corrected chi connectivity index (χ1v) is 9.57. The van der Waals surface area contributed by atoms with Crippen LogP contribution in [0.5, 0.6) is 5.75 Å². The lowest BCUT2D eigenvalue weighted by Gasteiger charge is -2.26. The monoisotopic (exact) mass is 350 g/mol. The molecule has 2 aliphatic heterocycles. The summed E-state index contributed by atoms with van der Waals surface area (Å²) >= 11 is 0. The molecule has 2 saturated heterocycles. The third kappa shape index (κ3) is 5.17. The highest BCUT2D eigenvalue weighted by Crippen LogP contribution is 2.35. The van der Waals surface area contributed by atoms with Gasteiger partial charge in [-0.2, -0.15) is 0 Å². The molecule has 1 atom stereocenters. The van der Waals surface area contributed by atoms with E-state index in [4.69, 9.17) is 23.7 Å². The van der Waals surface area contributed by atoms with Gasteiger partial charge in [0.25, 0.3) is 0 Å². The third-order valence-corrected chi connectivity index (χ3v) is 4.76. The van der Waals surface area contributed by atoms with E-state index < -0.39 is 5.79 Å². The molecule has 5 heteroatoms. The Morgan fingerprint density at radius 3 is 2.44 bits per heavy atom. The number of unbranched alkanes of at least 4 members (excludes halogenated alkanes) is 1. The van der Waals surface area contributed by atoms with Crippen LogP contribution in [0.15, 0.2) is 24.3 Å². The second-order valence-corrected chi connectivity index (χ2v) is 6.55. The molecule has 140 valence electrons. The predicted octanol–water partition coefficient (Wildman–Crippen LogP) is 4.00. The summed E-state index contributed by atoms with van der Waals surface area (Å²) in [5.41, 5.74) is 1.06. The lowest BCUT2D eigenvalue weighted by Crippen LogP contribution is -2.25. The fourth-order valence-electron chi connectivity index (χ4n) is 3.29. The Morgan fingerprint density at radius 1 is 1.00 bits per heavy atom. The van der Waals surface area contributed by atoms with E-state index in [-0.39, 0.29) is 6.29 Å². The normalized spacial score (nSPS) is 22.8. The van der Waals surface area contributed by atoms with Crippen LogP contribution < -0.4 is 4.74 Å². The molecule has 1 unspecified atom stereocenters. The van der Waals surface area contributed by atoms with Crippen molar-refractivity contribution in [2.24, 2.45) is 0 Å². The highest BCUT2D eigenvalue weighted by Gasteiger charge is 2.36. The summed E-state index contributed by atoms with van der Waals surface area (Å²) in [6, 6.07) is 8.05. The predicted molar refractivity (Wildman–Crippen MR) is 94.6 cm³/mol. The lowest BCUT2D eigenvalue weighted by atomic mass is 10.0. The van der Waals surface area contributed by atoms with Gasteiger partial charge in [-0.15, -0.1) is 0 Å². The summed E-state index contributed by atoms with van der Waals surface area (Å²) in [4.78, 5) is 0. The van der Waals surface area contributed by atoms with Crippen molar-refractivity contribution in [3.05, 3.63) is 29.8 Å². The Labute approximate surface area is 150 Å². The summed E-state index contributed by atoms with van der Waals surface area (Å²) in [5, 5.41) is 0. The van der Waals surface area contributed by atoms with Gasteiger partial charge in [0.2, 0.25) is 0 Å². The van der Waals surface area contributed by atoms with Gasteiger partial charge in [0.1, 0.15) is 5.75 Å². The molecule has 2 heterocycles. The summed E-state index contributed by atoms with van der Waals surface area (Å²) in [7, 11) is 0. The van der Waals surface area contributed by atoms with Crippen LogP contribution >= 0.6 is 0 Å². The first kappa shape index (κ1) is 18.6. The van der Waals surface area contributed by atoms with E-state index in [1.165, 1.54) is 6.42 Å². The summed E-state index contributed by atoms with van der Waals surface area (Å²) in [5.74, 6) is 0.307. The lowest BCUT2D eigenvalue weighted by molar-refractivity contribution is -0.167. The number of hydrogen-bond donors (Lipinski definition) is 0. The minimum atomic E-state index is -0.572. The molecule has 0 bridgehead atoms. The first-order valence-electron chi connectivity index (χ1n) is 9.57. The number of rotatable bonds is 9. The summed E-state index contributed by atoms with van der Waals surface area (Å²) < 4.78 is 28.7. The Hall–Kier alpha value is -1.14. The van der Waals surface area contributed by atoms with Crippen LogP contribution in [0.25, 0.3) is 0 Å². The van der Waals surface area contributed by atoms with Gasteiger partial charge in [-0.3, -0.25) is 0 Å². The van der Waals surface area contributed by atoms with Crippen molar-refractivity contribution in [3.8, 4) is 5.75 Å². The quantitative estimate of drug-likeness (QED) is 0.630. The molecule has 0 amide bonds. The van der Waals surface area contributed by atoms with Gasteiger partial charge in [-0.1, -0.05) is 6.92 Å². The molecule has 5 nitrogen and oxygen atoms in total. The molecule has 1 aromatic carbocycles. The zero-order chi connectivity index (χ0) is 17.4. The third-order valence-electron chi connectivity index (χ3n) is 4.76. The van der Waals surface area contributed by atoms with E-state index in [0.717, 1.165) is 56.6 Å². The SMILES string of the molecule is CCC1(c2ccc(OCCCCOC3CCCCO3)cc2)OCCO1. The van der Waals surface area contributed by atoms with Crippen molar-refractivity contribution in [1.29, 1.82) is 0 Å². The minimum absolute atomic E-state index is 0.00752. The Bertz CT molecular complexity index is 489. The second kappa shape index (κ2) is 9.53. The standard InChI is InChI=1S/C20H30O5/c1-2-20(24-15-16-25-20)17-8-10-18(11-9-17)21-12-5-6-14-23-19-7-3-4-13-22-19/h8-11,19H,2-7,12-16H2,1H3. The highest BCUT2D eigenvalue weighted by molar-refractivity contribution is 5.30. The van der Waals surface area contributed by atoms with Crippen LogP contribution in [0.2, 0.25) is 0 Å². The van der Waals surface area contributed by atoms with Gasteiger partial charge in [-0.05, 0) is 56.4 Å². The van der Waals surface area contributed by atoms with E-state index >= 15 is 0 Å². The molecule has 2 fully saturated rings. The van der Waals surface area contributed by atoms with E-state index in [2.05, 4.69) is 6.92 Å². The van der Waals surface area contributed by atoms with Gasteiger partial charge in [-0.25, -0.2) is 0 Å². The van der Waals surface area contributed by atoms with Crippen molar-refractivity contribution in [3.63, 3.8) is 0 Å². The molecular formula is C20H30O5. The average molecular weight is 350 g/mol. The van der Waals surface area contributed by atoms with E-state index in [1.54, 1.807) is 0 Å². The number of hydrogen-bond acceptors (Lipinski definition) is 5. The smallest absolute Gasteiger partial charge is 0.194 e. The van der Waals surface area contributed by atoms with Gasteiger partial charge in [0.05, 0.1) is 19.8 Å². The maximum Gasteiger partial charge on any atom is 0.194 e. The number of ether oxygens (including phenoxy) is 5. The van der Waals surface area contributed by atoms with Crippen molar-refractivity contribution < 1.29 is 23.7 Å². The summed E-state index contributed by atoms with van der Waals surface area (Å²) in [6.45, 7) is 5.65. The maximum atomic E-state index is 5.81. The van der Waals surface area contributed by atoms with Crippen LogP contribution in [0, 0.1) is 0 Å². The fourth-order valence-corrected chi connectivity index (χ4v) is 3.29. The Morgan fingerprint density at radius 2 is 1.76 bits per heavy atom. The molecular weight excluding hydrogens is 320 g/mol. The fraction of sp³-hybridized carbons (Fsp3) is 0.700. The minimum Gasteiger partial charge on any atom is -0.494 e. The van der Waals surface area contributed by atoms with Crippen molar-refractivity contribution >= 4 is 0 Å². The molecule has 0 N–H and O–H groups in total. The van der Waals surface area contributed by atoms with Crippen LogP contribution in [0.1, 0.15) is 51.0 Å². The first-order chi connectivity index (χ1) is 12.3. The van der Waals surface area contributed by atoms with Gasteiger partial charge in [0, 0.05) is 25.2 Å². The molecule has 3 rings (SSSR count). The second-order valence-electron chi connectivity index (χ2n) is 6.55. The van der Waals surface area contributed by atoms with E-state index in [9.17, 15) is 0 Å². The Kier molecular flexibility index (Phi) is 7.11. The van der Waals surface area contributed by atoms with Gasteiger partial charge < -0.3 is 23.7 Å². The largest absolute Gasteiger partial charge is 0.494 e. The van der Waals surface area contributed by atoms with Gasteiger partial charge in [0.15, 0.2) is 12.1 Å². The zero-order valence-electron chi connectivity index (χ0n) is 15.2. The van der Waals surface area contributed by atoms with Crippen LogP contribution in [0.4, 0.5) is 0 Å². The molecule has 1 aromatic rings. The van der Waals surface area contributed by atoms with Crippen LogP contribution in [-0.4, -0.2) is 39.3 Å². The topological polar surface area (TPSA) is 46.2 Å². The van der Waals surface area contributed by atoms with E-state index in [1.807, 2.05) is 24.3 Å². The molecule has 0 spiro atoms. The summed E-state index contributed by atoms with van der Waals surface area (Å²) in [6.07, 6.45) is 6.16. The molecule has 0 saturated carbocycles.